The summed E-state index contributed by atoms with van der Waals surface area (Å²) in [5.41, 5.74) is 4.71. The number of thiophene rings is 1. The molecule has 2 aromatic rings. The summed E-state index contributed by atoms with van der Waals surface area (Å²) < 4.78 is 0. The van der Waals surface area contributed by atoms with Gasteiger partial charge in [-0.1, -0.05) is 55.5 Å². The molecule has 0 radical (unpaired) electrons. The number of nitrogens with one attached hydrogen (secondary N) is 3. The van der Waals surface area contributed by atoms with Crippen LogP contribution in [0.4, 0.5) is 11.4 Å². The van der Waals surface area contributed by atoms with Crippen molar-refractivity contribution in [1.82, 2.24) is 10.6 Å². The molecule has 3 rings (SSSR count). The third kappa shape index (κ3) is 9.54. The Balaban J connectivity index is 0.000000266. The number of allylic oxidation sites excluding steroid dienone is 4. The quantitative estimate of drug-likeness (QED) is 0.319. The number of aldehydes is 1. The average Bonchev–Trinajstić information content (AvgIpc) is 3.46. The van der Waals surface area contributed by atoms with E-state index in [1.165, 1.54) is 28.3 Å². The van der Waals surface area contributed by atoms with Gasteiger partial charge in [-0.15, -0.1) is 11.3 Å². The predicted octanol–water partition coefficient (Wildman–Crippen LogP) is 5.04. The maximum atomic E-state index is 11.9. The normalized spacial score (nSPS) is 14.9. The summed E-state index contributed by atoms with van der Waals surface area (Å²) in [6, 6.07) is 11.5. The van der Waals surface area contributed by atoms with E-state index in [9.17, 15) is 9.59 Å². The molecule has 188 valence electrons. The Hall–Kier alpha value is -3.16. The Labute approximate surface area is 213 Å². The van der Waals surface area contributed by atoms with Crippen LogP contribution in [0.2, 0.25) is 0 Å². The van der Waals surface area contributed by atoms with Crippen molar-refractivity contribution in [1.29, 1.82) is 0 Å². The molecular formula is C28H38N4O2S. The highest BCUT2D eigenvalue weighted by atomic mass is 32.1. The van der Waals surface area contributed by atoms with Crippen molar-refractivity contribution in [2.24, 2.45) is 0 Å². The molecule has 1 aliphatic rings. The van der Waals surface area contributed by atoms with Crippen molar-refractivity contribution < 1.29 is 9.59 Å². The molecular weight excluding hydrogens is 456 g/mol. The van der Waals surface area contributed by atoms with E-state index in [1.807, 2.05) is 37.6 Å². The van der Waals surface area contributed by atoms with E-state index in [0.29, 0.717) is 11.3 Å². The van der Waals surface area contributed by atoms with Gasteiger partial charge in [0.2, 0.25) is 0 Å². The SMILES string of the molecule is C=C/C(=C\C=C(/C)CC)CC(C=O)NC(=O)c1cccs1.CNc1ccccc1N1CCNCC1. The van der Waals surface area contributed by atoms with Crippen LogP contribution in [0.15, 0.2) is 77.7 Å². The lowest BCUT2D eigenvalue weighted by molar-refractivity contribution is -0.109. The third-order valence-corrected chi connectivity index (χ3v) is 6.58. The average molecular weight is 495 g/mol. The van der Waals surface area contributed by atoms with Crippen LogP contribution in [-0.2, 0) is 4.79 Å². The molecule has 0 aliphatic carbocycles. The fraction of sp³-hybridized carbons (Fsp3) is 0.357. The zero-order valence-corrected chi connectivity index (χ0v) is 21.9. The number of hydrogen-bond donors (Lipinski definition) is 3. The fourth-order valence-electron chi connectivity index (χ4n) is 3.49. The largest absolute Gasteiger partial charge is 0.386 e. The molecule has 1 amide bonds. The lowest BCUT2D eigenvalue weighted by Gasteiger charge is -2.30. The number of piperazine rings is 1. The molecule has 1 aliphatic heterocycles. The second-order valence-electron chi connectivity index (χ2n) is 8.21. The lowest BCUT2D eigenvalue weighted by Crippen LogP contribution is -2.43. The number of nitrogens with zero attached hydrogens (tertiary/aromatic N) is 1. The van der Waals surface area contributed by atoms with E-state index >= 15 is 0 Å². The molecule has 3 N–H and O–H groups in total. The summed E-state index contributed by atoms with van der Waals surface area (Å²) in [6.07, 6.45) is 7.86. The number of anilines is 2. The molecule has 0 saturated carbocycles. The van der Waals surface area contributed by atoms with E-state index in [1.54, 1.807) is 12.1 Å². The number of carbonyl (C=O) groups excluding carboxylic acids is 2. The molecule has 1 aromatic carbocycles. The number of carbonyl (C=O) groups is 2. The molecule has 1 atom stereocenters. The first kappa shape index (κ1) is 28.1. The van der Waals surface area contributed by atoms with Crippen LogP contribution in [0.3, 0.4) is 0 Å². The summed E-state index contributed by atoms with van der Waals surface area (Å²) in [5, 5.41) is 11.2. The van der Waals surface area contributed by atoms with Gasteiger partial charge in [0, 0.05) is 33.2 Å². The molecule has 35 heavy (non-hydrogen) atoms. The van der Waals surface area contributed by atoms with Gasteiger partial charge >= 0.3 is 0 Å². The Morgan fingerprint density at radius 2 is 1.94 bits per heavy atom. The standard InChI is InChI=1S/C17H21NO2S.C11H17N3/c1-4-13(3)8-9-14(5-2)11-15(12-19)18-17(20)16-7-6-10-21-16;1-12-10-4-2-3-5-11(10)14-8-6-13-7-9-14/h5-10,12,15H,2,4,11H2,1,3H3,(H,18,20);2-5,12-13H,6-9H2,1H3/b13-8+,14-9+;. The fourth-order valence-corrected chi connectivity index (χ4v) is 4.11. The summed E-state index contributed by atoms with van der Waals surface area (Å²) in [5.74, 6) is -0.217. The van der Waals surface area contributed by atoms with Gasteiger partial charge in [-0.05, 0) is 48.9 Å². The zero-order chi connectivity index (χ0) is 25.5. The molecule has 1 unspecified atom stereocenters. The minimum absolute atomic E-state index is 0.217. The van der Waals surface area contributed by atoms with E-state index in [4.69, 9.17) is 0 Å². The van der Waals surface area contributed by atoms with Crippen LogP contribution < -0.4 is 20.9 Å². The molecule has 1 fully saturated rings. The van der Waals surface area contributed by atoms with Crippen molar-refractivity contribution in [3.8, 4) is 0 Å². The van der Waals surface area contributed by atoms with Gasteiger partial charge in [0.05, 0.1) is 22.3 Å². The van der Waals surface area contributed by atoms with Crippen molar-refractivity contribution in [3.63, 3.8) is 0 Å². The van der Waals surface area contributed by atoms with Crippen LogP contribution in [0, 0.1) is 0 Å². The predicted molar refractivity (Wildman–Crippen MR) is 150 cm³/mol. The molecule has 2 heterocycles. The monoisotopic (exact) mass is 494 g/mol. The van der Waals surface area contributed by atoms with Crippen LogP contribution >= 0.6 is 11.3 Å². The first-order valence-electron chi connectivity index (χ1n) is 12.0. The summed E-state index contributed by atoms with van der Waals surface area (Å²) in [6.45, 7) is 12.2. The summed E-state index contributed by atoms with van der Waals surface area (Å²) in [7, 11) is 1.97. The number of rotatable bonds is 10. The molecule has 1 aromatic heterocycles. The van der Waals surface area contributed by atoms with E-state index in [2.05, 4.69) is 58.6 Å². The highest BCUT2D eigenvalue weighted by molar-refractivity contribution is 7.12. The van der Waals surface area contributed by atoms with Crippen LogP contribution in [-0.4, -0.2) is 51.5 Å². The number of amides is 1. The van der Waals surface area contributed by atoms with Gasteiger partial charge in [-0.25, -0.2) is 0 Å². The molecule has 0 spiro atoms. The maximum Gasteiger partial charge on any atom is 0.261 e. The van der Waals surface area contributed by atoms with Crippen LogP contribution in [0.1, 0.15) is 36.4 Å². The van der Waals surface area contributed by atoms with Gasteiger partial charge in [-0.3, -0.25) is 4.79 Å². The Bertz CT molecular complexity index is 992. The Kier molecular flexibility index (Phi) is 12.6. The highest BCUT2D eigenvalue weighted by Crippen LogP contribution is 2.25. The molecule has 7 heteroatoms. The maximum absolute atomic E-state index is 11.9. The Morgan fingerprint density at radius 3 is 2.54 bits per heavy atom. The minimum atomic E-state index is -0.542. The first-order chi connectivity index (χ1) is 17.0. The van der Waals surface area contributed by atoms with Crippen molar-refractivity contribution >= 4 is 34.9 Å². The lowest BCUT2D eigenvalue weighted by atomic mass is 10.1. The smallest absolute Gasteiger partial charge is 0.261 e. The highest BCUT2D eigenvalue weighted by Gasteiger charge is 2.14. The van der Waals surface area contributed by atoms with Gasteiger partial charge in [0.1, 0.15) is 6.29 Å². The molecule has 1 saturated heterocycles. The van der Waals surface area contributed by atoms with Crippen LogP contribution in [0.25, 0.3) is 0 Å². The van der Waals surface area contributed by atoms with Crippen LogP contribution in [0.5, 0.6) is 0 Å². The minimum Gasteiger partial charge on any atom is -0.386 e. The third-order valence-electron chi connectivity index (χ3n) is 5.71. The van der Waals surface area contributed by atoms with Crippen molar-refractivity contribution in [3.05, 3.63) is 82.6 Å². The van der Waals surface area contributed by atoms with Crippen molar-refractivity contribution in [2.45, 2.75) is 32.7 Å². The summed E-state index contributed by atoms with van der Waals surface area (Å²) >= 11 is 1.35. The number of hydrogen-bond acceptors (Lipinski definition) is 6. The number of para-hydroxylation sites is 2. The van der Waals surface area contributed by atoms with Gasteiger partial charge in [-0.2, -0.15) is 0 Å². The van der Waals surface area contributed by atoms with Gasteiger partial charge in [0.15, 0.2) is 0 Å². The first-order valence-corrected chi connectivity index (χ1v) is 12.9. The second-order valence-corrected chi connectivity index (χ2v) is 9.16. The Morgan fingerprint density at radius 1 is 1.20 bits per heavy atom. The van der Waals surface area contributed by atoms with Crippen molar-refractivity contribution in [2.75, 3.05) is 43.4 Å². The van der Waals surface area contributed by atoms with E-state index in [-0.39, 0.29) is 5.91 Å². The molecule has 6 nitrogen and oxygen atoms in total. The number of benzene rings is 1. The zero-order valence-electron chi connectivity index (χ0n) is 21.0. The summed E-state index contributed by atoms with van der Waals surface area (Å²) in [4.78, 5) is 26.1. The van der Waals surface area contributed by atoms with E-state index in [0.717, 1.165) is 44.5 Å². The van der Waals surface area contributed by atoms with Gasteiger partial charge in [0.25, 0.3) is 5.91 Å². The second kappa shape index (κ2) is 15.7. The van der Waals surface area contributed by atoms with Gasteiger partial charge < -0.3 is 25.6 Å². The van der Waals surface area contributed by atoms with E-state index < -0.39 is 6.04 Å². The topological polar surface area (TPSA) is 73.5 Å². The molecule has 0 bridgehead atoms.